The molecule has 1 aromatic rings. The van der Waals surface area contributed by atoms with E-state index < -0.39 is 0 Å². The molecule has 1 rings (SSSR count). The molecule has 118 valence electrons. The summed E-state index contributed by atoms with van der Waals surface area (Å²) in [5, 5.41) is 13.6. The molecule has 0 aliphatic heterocycles. The van der Waals surface area contributed by atoms with Crippen LogP contribution in [0.2, 0.25) is 0 Å². The average molecular weight is 349 g/mol. The fraction of sp³-hybridized carbons (Fsp3) is 0.667. The molecule has 1 heterocycles. The number of aromatic nitrogens is 2. The maximum absolute atomic E-state index is 11.5. The lowest BCUT2D eigenvalue weighted by atomic mass is 10.4. The Morgan fingerprint density at radius 1 is 0.952 bits per heavy atom. The van der Waals surface area contributed by atoms with Crippen LogP contribution in [-0.4, -0.2) is 45.6 Å². The number of hydrogen-bond donors (Lipinski definition) is 2. The molecule has 0 aliphatic carbocycles. The number of rotatable bonds is 8. The topological polar surface area (TPSA) is 84.0 Å². The second kappa shape index (κ2) is 9.26. The lowest BCUT2D eigenvalue weighted by Gasteiger charge is -2.06. The second-order valence-electron chi connectivity index (χ2n) is 4.86. The van der Waals surface area contributed by atoms with Gasteiger partial charge in [0.1, 0.15) is 0 Å². The SMILES string of the molecule is CC(C)NC(=O)CSc1nnc(SCC(=O)NC(C)C)s1. The highest BCUT2D eigenvalue weighted by molar-refractivity contribution is 8.03. The fourth-order valence-corrected chi connectivity index (χ4v) is 3.94. The van der Waals surface area contributed by atoms with Crippen molar-refractivity contribution < 1.29 is 9.59 Å². The second-order valence-corrected chi connectivity index (χ2v) is 8.28. The highest BCUT2D eigenvalue weighted by Crippen LogP contribution is 2.28. The third kappa shape index (κ3) is 8.27. The van der Waals surface area contributed by atoms with Crippen LogP contribution in [0.5, 0.6) is 0 Å². The van der Waals surface area contributed by atoms with Crippen LogP contribution >= 0.6 is 34.9 Å². The van der Waals surface area contributed by atoms with Gasteiger partial charge in [0.25, 0.3) is 0 Å². The van der Waals surface area contributed by atoms with Crippen LogP contribution in [0.4, 0.5) is 0 Å². The summed E-state index contributed by atoms with van der Waals surface area (Å²) in [6.07, 6.45) is 0. The Hall–Kier alpha value is -0.800. The van der Waals surface area contributed by atoms with Gasteiger partial charge in [-0.3, -0.25) is 9.59 Å². The van der Waals surface area contributed by atoms with E-state index in [-0.39, 0.29) is 23.9 Å². The van der Waals surface area contributed by atoms with Crippen LogP contribution in [0.25, 0.3) is 0 Å². The quantitative estimate of drug-likeness (QED) is 0.697. The molecule has 6 nitrogen and oxygen atoms in total. The van der Waals surface area contributed by atoms with Gasteiger partial charge in [0.2, 0.25) is 11.8 Å². The summed E-state index contributed by atoms with van der Waals surface area (Å²) < 4.78 is 1.47. The Labute approximate surface area is 137 Å². The van der Waals surface area contributed by atoms with E-state index in [0.717, 1.165) is 8.68 Å². The van der Waals surface area contributed by atoms with Crippen LogP contribution in [0, 0.1) is 0 Å². The molecule has 1 aromatic heterocycles. The van der Waals surface area contributed by atoms with Crippen LogP contribution in [0.1, 0.15) is 27.7 Å². The van der Waals surface area contributed by atoms with Crippen LogP contribution in [-0.2, 0) is 9.59 Å². The molecule has 0 aromatic carbocycles. The molecule has 0 bridgehead atoms. The van der Waals surface area contributed by atoms with E-state index in [1.165, 1.54) is 34.9 Å². The molecule has 0 radical (unpaired) electrons. The van der Waals surface area contributed by atoms with Gasteiger partial charge in [0.05, 0.1) is 11.5 Å². The normalized spacial score (nSPS) is 11.0. The summed E-state index contributed by atoms with van der Waals surface area (Å²) >= 11 is 4.11. The average Bonchev–Trinajstić information content (AvgIpc) is 2.80. The van der Waals surface area contributed by atoms with Crippen LogP contribution in [0.15, 0.2) is 8.68 Å². The van der Waals surface area contributed by atoms with Crippen molar-refractivity contribution in [2.75, 3.05) is 11.5 Å². The Bertz CT molecular complexity index is 436. The molecule has 2 N–H and O–H groups in total. The van der Waals surface area contributed by atoms with Crippen molar-refractivity contribution in [2.45, 2.75) is 48.5 Å². The maximum Gasteiger partial charge on any atom is 0.230 e. The Morgan fingerprint density at radius 3 is 1.67 bits per heavy atom. The van der Waals surface area contributed by atoms with Gasteiger partial charge in [-0.2, -0.15) is 0 Å². The van der Waals surface area contributed by atoms with E-state index in [9.17, 15) is 9.59 Å². The molecule has 0 saturated heterocycles. The highest BCUT2D eigenvalue weighted by atomic mass is 32.2. The number of amides is 2. The fourth-order valence-electron chi connectivity index (χ4n) is 1.30. The molecule has 21 heavy (non-hydrogen) atoms. The van der Waals surface area contributed by atoms with E-state index in [1.807, 2.05) is 27.7 Å². The Morgan fingerprint density at radius 2 is 1.33 bits per heavy atom. The molecule has 0 spiro atoms. The van der Waals surface area contributed by atoms with Gasteiger partial charge in [-0.25, -0.2) is 0 Å². The standard InChI is InChI=1S/C12H20N4O2S3/c1-7(2)13-9(17)5-19-11-15-16-12(21-11)20-6-10(18)14-8(3)4/h7-8H,5-6H2,1-4H3,(H,13,17)(H,14,18). The van der Waals surface area contributed by atoms with Crippen molar-refractivity contribution in [1.29, 1.82) is 0 Å². The van der Waals surface area contributed by atoms with Gasteiger partial charge in [0, 0.05) is 12.1 Å². The van der Waals surface area contributed by atoms with Gasteiger partial charge in [0.15, 0.2) is 8.68 Å². The summed E-state index contributed by atoms with van der Waals surface area (Å²) in [5.41, 5.74) is 0. The summed E-state index contributed by atoms with van der Waals surface area (Å²) in [4.78, 5) is 23.0. The van der Waals surface area contributed by atoms with E-state index in [2.05, 4.69) is 20.8 Å². The third-order valence-corrected chi connectivity index (χ3v) is 5.13. The Kier molecular flexibility index (Phi) is 8.05. The number of nitrogens with zero attached hydrogens (tertiary/aromatic N) is 2. The lowest BCUT2D eigenvalue weighted by Crippen LogP contribution is -2.31. The van der Waals surface area contributed by atoms with E-state index in [1.54, 1.807) is 0 Å². The predicted molar refractivity (Wildman–Crippen MR) is 87.9 cm³/mol. The molecule has 0 fully saturated rings. The first-order valence-corrected chi connectivity index (χ1v) is 9.33. The molecule has 0 saturated carbocycles. The zero-order valence-corrected chi connectivity index (χ0v) is 15.0. The number of hydrogen-bond acceptors (Lipinski definition) is 7. The molecule has 0 atom stereocenters. The van der Waals surface area contributed by atoms with Crippen molar-refractivity contribution in [2.24, 2.45) is 0 Å². The first-order valence-electron chi connectivity index (χ1n) is 6.54. The smallest absolute Gasteiger partial charge is 0.230 e. The molecule has 0 aliphatic rings. The van der Waals surface area contributed by atoms with Gasteiger partial charge < -0.3 is 10.6 Å². The largest absolute Gasteiger partial charge is 0.353 e. The lowest BCUT2D eigenvalue weighted by molar-refractivity contribution is -0.119. The third-order valence-electron chi connectivity index (χ3n) is 1.94. The van der Waals surface area contributed by atoms with E-state index in [0.29, 0.717) is 11.5 Å². The summed E-state index contributed by atoms with van der Waals surface area (Å²) in [6, 6.07) is 0.274. The van der Waals surface area contributed by atoms with Crippen LogP contribution in [0.3, 0.4) is 0 Å². The molecule has 9 heteroatoms. The zero-order valence-electron chi connectivity index (χ0n) is 12.5. The highest BCUT2D eigenvalue weighted by Gasteiger charge is 2.11. The zero-order chi connectivity index (χ0) is 15.8. The van der Waals surface area contributed by atoms with Crippen molar-refractivity contribution >= 4 is 46.7 Å². The van der Waals surface area contributed by atoms with Crippen molar-refractivity contribution in [3.8, 4) is 0 Å². The first kappa shape index (κ1) is 18.2. The van der Waals surface area contributed by atoms with Gasteiger partial charge in [-0.05, 0) is 27.7 Å². The molecular weight excluding hydrogens is 328 g/mol. The first-order chi connectivity index (χ1) is 9.86. The van der Waals surface area contributed by atoms with Gasteiger partial charge in [-0.1, -0.05) is 34.9 Å². The predicted octanol–water partition coefficient (Wildman–Crippen LogP) is 1.77. The van der Waals surface area contributed by atoms with Gasteiger partial charge >= 0.3 is 0 Å². The molecule has 2 amide bonds. The minimum absolute atomic E-state index is 0.0179. The van der Waals surface area contributed by atoms with E-state index >= 15 is 0 Å². The number of carbonyl (C=O) groups excluding carboxylic acids is 2. The minimum atomic E-state index is -0.0179. The number of thioether (sulfide) groups is 2. The Balaban J connectivity index is 2.33. The number of carbonyl (C=O) groups is 2. The monoisotopic (exact) mass is 348 g/mol. The van der Waals surface area contributed by atoms with Crippen molar-refractivity contribution in [3.63, 3.8) is 0 Å². The summed E-state index contributed by atoms with van der Waals surface area (Å²) in [6.45, 7) is 7.68. The molecular formula is C12H20N4O2S3. The molecule has 0 unspecified atom stereocenters. The van der Waals surface area contributed by atoms with Crippen LogP contribution < -0.4 is 10.6 Å². The number of nitrogens with one attached hydrogen (secondary N) is 2. The minimum Gasteiger partial charge on any atom is -0.353 e. The van der Waals surface area contributed by atoms with Crippen molar-refractivity contribution in [3.05, 3.63) is 0 Å². The summed E-state index contributed by atoms with van der Waals surface area (Å²) in [5.74, 6) is 0.614. The maximum atomic E-state index is 11.5. The van der Waals surface area contributed by atoms with Gasteiger partial charge in [-0.15, -0.1) is 10.2 Å². The van der Waals surface area contributed by atoms with E-state index in [4.69, 9.17) is 0 Å². The van der Waals surface area contributed by atoms with Crippen molar-refractivity contribution in [1.82, 2.24) is 20.8 Å². The summed E-state index contributed by atoms with van der Waals surface area (Å²) in [7, 11) is 0.